The van der Waals surface area contributed by atoms with Crippen molar-refractivity contribution in [1.29, 1.82) is 0 Å². The molecule has 116 valence electrons. The number of hydrogen-bond acceptors (Lipinski definition) is 2. The van der Waals surface area contributed by atoms with E-state index in [-0.39, 0.29) is 17.9 Å². The van der Waals surface area contributed by atoms with E-state index in [0.29, 0.717) is 0 Å². The molecule has 4 nitrogen and oxygen atoms in total. The van der Waals surface area contributed by atoms with Crippen molar-refractivity contribution >= 4 is 5.91 Å². The number of ether oxygens (including phenoxy) is 1. The van der Waals surface area contributed by atoms with Gasteiger partial charge in [-0.1, -0.05) is 32.9 Å². The van der Waals surface area contributed by atoms with Crippen LogP contribution in [-0.4, -0.2) is 43.6 Å². The summed E-state index contributed by atoms with van der Waals surface area (Å²) in [6, 6.07) is 6.22. The lowest BCUT2D eigenvalue weighted by atomic mass is 9.86. The largest absolute Gasteiger partial charge is 0.483 e. The summed E-state index contributed by atoms with van der Waals surface area (Å²) in [5.74, 6) is 0.920. The molecule has 1 saturated heterocycles. The SMILES string of the molecule is Cc1ccc(C(C)(C)C)c(OCC(=O)N2CC[NH2+]CC2)c1. The standard InChI is InChI=1S/C17H26N2O2/c1-13-5-6-14(17(2,3)4)15(11-13)21-12-16(20)19-9-7-18-8-10-19/h5-6,11,18H,7-10,12H2,1-4H3/p+1. The quantitative estimate of drug-likeness (QED) is 0.906. The fourth-order valence-corrected chi connectivity index (χ4v) is 2.60. The number of amides is 1. The molecule has 2 rings (SSSR count). The summed E-state index contributed by atoms with van der Waals surface area (Å²) < 4.78 is 5.86. The fraction of sp³-hybridized carbons (Fsp3) is 0.588. The van der Waals surface area contributed by atoms with Crippen molar-refractivity contribution < 1.29 is 14.8 Å². The molecule has 1 aliphatic rings. The maximum absolute atomic E-state index is 12.2. The Kier molecular flexibility index (Phi) is 4.88. The van der Waals surface area contributed by atoms with E-state index in [1.165, 1.54) is 0 Å². The molecule has 2 N–H and O–H groups in total. The highest BCUT2D eigenvalue weighted by molar-refractivity contribution is 5.77. The van der Waals surface area contributed by atoms with E-state index in [9.17, 15) is 4.79 Å². The summed E-state index contributed by atoms with van der Waals surface area (Å²) in [7, 11) is 0. The zero-order valence-electron chi connectivity index (χ0n) is 13.6. The summed E-state index contributed by atoms with van der Waals surface area (Å²) in [6.45, 7) is 12.3. The number of piperazine rings is 1. The van der Waals surface area contributed by atoms with Crippen LogP contribution in [0.25, 0.3) is 0 Å². The highest BCUT2D eigenvalue weighted by Crippen LogP contribution is 2.32. The first-order chi connectivity index (χ1) is 9.88. The predicted octanol–water partition coefficient (Wildman–Crippen LogP) is 1.08. The van der Waals surface area contributed by atoms with E-state index in [1.54, 1.807) is 0 Å². The van der Waals surface area contributed by atoms with Crippen LogP contribution in [0.4, 0.5) is 0 Å². The Morgan fingerprint density at radius 2 is 1.95 bits per heavy atom. The van der Waals surface area contributed by atoms with E-state index in [4.69, 9.17) is 4.74 Å². The average molecular weight is 291 g/mol. The van der Waals surface area contributed by atoms with Crippen LogP contribution < -0.4 is 10.1 Å². The van der Waals surface area contributed by atoms with Crippen LogP contribution in [0.1, 0.15) is 31.9 Å². The molecule has 21 heavy (non-hydrogen) atoms. The van der Waals surface area contributed by atoms with Crippen molar-refractivity contribution in [3.05, 3.63) is 29.3 Å². The molecule has 1 heterocycles. The number of nitrogens with two attached hydrogens (primary N) is 1. The van der Waals surface area contributed by atoms with E-state index in [1.807, 2.05) is 17.9 Å². The van der Waals surface area contributed by atoms with Gasteiger partial charge in [-0.05, 0) is 29.5 Å². The Labute approximate surface area is 127 Å². The lowest BCUT2D eigenvalue weighted by Crippen LogP contribution is -2.90. The average Bonchev–Trinajstić information content (AvgIpc) is 2.44. The van der Waals surface area contributed by atoms with Crippen molar-refractivity contribution in [3.8, 4) is 5.75 Å². The highest BCUT2D eigenvalue weighted by atomic mass is 16.5. The van der Waals surface area contributed by atoms with Gasteiger partial charge in [-0.2, -0.15) is 0 Å². The number of carbonyl (C=O) groups excluding carboxylic acids is 1. The zero-order chi connectivity index (χ0) is 15.5. The minimum absolute atomic E-state index is 0.00612. The molecule has 1 fully saturated rings. The van der Waals surface area contributed by atoms with Gasteiger partial charge in [0.15, 0.2) is 6.61 Å². The Morgan fingerprint density at radius 1 is 1.29 bits per heavy atom. The van der Waals surface area contributed by atoms with Crippen LogP contribution in [0.5, 0.6) is 5.75 Å². The van der Waals surface area contributed by atoms with Gasteiger partial charge < -0.3 is 15.0 Å². The molecule has 1 amide bonds. The smallest absolute Gasteiger partial charge is 0.260 e. The Balaban J connectivity index is 2.05. The Bertz CT molecular complexity index is 500. The molecule has 0 atom stereocenters. The van der Waals surface area contributed by atoms with Crippen molar-refractivity contribution in [1.82, 2.24) is 4.90 Å². The molecular formula is C17H27N2O2+. The van der Waals surface area contributed by atoms with Crippen LogP contribution in [0.3, 0.4) is 0 Å². The molecule has 1 aliphatic heterocycles. The second-order valence-corrected chi connectivity index (χ2v) is 6.79. The number of hydrogen-bond donors (Lipinski definition) is 1. The molecule has 4 heteroatoms. The molecular weight excluding hydrogens is 264 g/mol. The van der Waals surface area contributed by atoms with E-state index in [0.717, 1.165) is 43.1 Å². The number of rotatable bonds is 3. The van der Waals surface area contributed by atoms with Crippen LogP contribution in [0.15, 0.2) is 18.2 Å². The summed E-state index contributed by atoms with van der Waals surface area (Å²) in [4.78, 5) is 14.1. The van der Waals surface area contributed by atoms with Gasteiger partial charge in [-0.25, -0.2) is 0 Å². The minimum Gasteiger partial charge on any atom is -0.483 e. The molecule has 0 unspecified atom stereocenters. The van der Waals surface area contributed by atoms with Crippen molar-refractivity contribution in [2.24, 2.45) is 0 Å². The molecule has 0 bridgehead atoms. The van der Waals surface area contributed by atoms with Gasteiger partial charge in [0.2, 0.25) is 0 Å². The summed E-state index contributed by atoms with van der Waals surface area (Å²) >= 11 is 0. The number of carbonyl (C=O) groups is 1. The van der Waals surface area contributed by atoms with Crippen LogP contribution in [-0.2, 0) is 10.2 Å². The number of aryl methyl sites for hydroxylation is 1. The molecule has 0 saturated carbocycles. The fourth-order valence-electron chi connectivity index (χ4n) is 2.60. The first-order valence-corrected chi connectivity index (χ1v) is 7.71. The molecule has 0 aliphatic carbocycles. The highest BCUT2D eigenvalue weighted by Gasteiger charge is 2.22. The first kappa shape index (κ1) is 15.8. The summed E-state index contributed by atoms with van der Waals surface area (Å²) in [5.41, 5.74) is 2.30. The van der Waals surface area contributed by atoms with Crippen molar-refractivity contribution in [3.63, 3.8) is 0 Å². The maximum Gasteiger partial charge on any atom is 0.260 e. The number of quaternary nitrogens is 1. The van der Waals surface area contributed by atoms with Gasteiger partial charge in [0, 0.05) is 0 Å². The first-order valence-electron chi connectivity index (χ1n) is 7.71. The van der Waals surface area contributed by atoms with Gasteiger partial charge in [0.25, 0.3) is 5.91 Å². The summed E-state index contributed by atoms with van der Waals surface area (Å²) in [6.07, 6.45) is 0. The number of benzene rings is 1. The Hall–Kier alpha value is -1.55. The third-order valence-electron chi connectivity index (χ3n) is 3.86. The van der Waals surface area contributed by atoms with Gasteiger partial charge >= 0.3 is 0 Å². The normalized spacial score (nSPS) is 15.9. The van der Waals surface area contributed by atoms with Crippen LogP contribution >= 0.6 is 0 Å². The van der Waals surface area contributed by atoms with Gasteiger partial charge in [0.05, 0.1) is 26.2 Å². The minimum atomic E-state index is 0.00612. The third kappa shape index (κ3) is 4.21. The van der Waals surface area contributed by atoms with E-state index < -0.39 is 0 Å². The third-order valence-corrected chi connectivity index (χ3v) is 3.86. The zero-order valence-corrected chi connectivity index (χ0v) is 13.6. The monoisotopic (exact) mass is 291 g/mol. The van der Waals surface area contributed by atoms with E-state index >= 15 is 0 Å². The van der Waals surface area contributed by atoms with Gasteiger partial charge in [-0.15, -0.1) is 0 Å². The summed E-state index contributed by atoms with van der Waals surface area (Å²) in [5, 5.41) is 2.24. The molecule has 0 radical (unpaired) electrons. The van der Waals surface area contributed by atoms with Crippen LogP contribution in [0.2, 0.25) is 0 Å². The van der Waals surface area contributed by atoms with Crippen molar-refractivity contribution in [2.75, 3.05) is 32.8 Å². The second kappa shape index (κ2) is 6.48. The molecule has 1 aromatic carbocycles. The molecule has 0 aromatic heterocycles. The maximum atomic E-state index is 12.2. The Morgan fingerprint density at radius 3 is 2.57 bits per heavy atom. The van der Waals surface area contributed by atoms with Gasteiger partial charge in [-0.3, -0.25) is 4.79 Å². The second-order valence-electron chi connectivity index (χ2n) is 6.79. The van der Waals surface area contributed by atoms with Crippen molar-refractivity contribution in [2.45, 2.75) is 33.1 Å². The lowest BCUT2D eigenvalue weighted by Gasteiger charge is -2.26. The molecule has 0 spiro atoms. The number of nitrogens with zero attached hydrogens (tertiary/aromatic N) is 1. The van der Waals surface area contributed by atoms with Gasteiger partial charge in [0.1, 0.15) is 5.75 Å². The van der Waals surface area contributed by atoms with Crippen LogP contribution in [0, 0.1) is 6.92 Å². The van der Waals surface area contributed by atoms with E-state index in [2.05, 4.69) is 38.2 Å². The lowest BCUT2D eigenvalue weighted by molar-refractivity contribution is -0.662. The molecule has 1 aromatic rings. The topological polar surface area (TPSA) is 46.1 Å². The predicted molar refractivity (Wildman–Crippen MR) is 83.6 cm³/mol.